The van der Waals surface area contributed by atoms with E-state index in [0.717, 1.165) is 43.4 Å². The molecule has 0 aromatic heterocycles. The standard InChI is InChI=1S/C23H30Cl2N2O3S/c24-20-4-3-19(21(25)9-20)14-31(29,30)27-5-1-2-18(13-27)22(28)26-23-10-15-6-16(11-23)8-17(7-15)12-23/h3-4,9,15-18H,1-2,5-8,10-14H2,(H,26,28). The smallest absolute Gasteiger partial charge is 0.224 e. The average molecular weight is 485 g/mol. The van der Waals surface area contributed by atoms with Crippen molar-refractivity contribution in [3.8, 4) is 0 Å². The minimum Gasteiger partial charge on any atom is -0.350 e. The van der Waals surface area contributed by atoms with Crippen LogP contribution in [0.4, 0.5) is 0 Å². The van der Waals surface area contributed by atoms with Crippen molar-refractivity contribution < 1.29 is 13.2 Å². The summed E-state index contributed by atoms with van der Waals surface area (Å²) < 4.78 is 27.6. The molecule has 5 fully saturated rings. The van der Waals surface area contributed by atoms with Gasteiger partial charge in [-0.2, -0.15) is 0 Å². The number of sulfonamides is 1. The first-order valence-electron chi connectivity index (χ1n) is 11.5. The summed E-state index contributed by atoms with van der Waals surface area (Å²) in [7, 11) is -3.57. The Morgan fingerprint density at radius 2 is 1.74 bits per heavy atom. The summed E-state index contributed by atoms with van der Waals surface area (Å²) in [6, 6.07) is 4.87. The van der Waals surface area contributed by atoms with E-state index in [1.165, 1.54) is 23.6 Å². The van der Waals surface area contributed by atoms with E-state index in [9.17, 15) is 13.2 Å². The molecule has 1 unspecified atom stereocenters. The summed E-state index contributed by atoms with van der Waals surface area (Å²) >= 11 is 12.1. The number of carbonyl (C=O) groups excluding carboxylic acids is 1. The van der Waals surface area contributed by atoms with Gasteiger partial charge in [0.15, 0.2) is 0 Å². The number of hydrogen-bond acceptors (Lipinski definition) is 3. The maximum Gasteiger partial charge on any atom is 0.224 e. The minimum atomic E-state index is -3.57. The molecule has 4 bridgehead atoms. The van der Waals surface area contributed by atoms with E-state index in [0.29, 0.717) is 28.6 Å². The average Bonchev–Trinajstić information content (AvgIpc) is 2.69. The van der Waals surface area contributed by atoms with Crippen molar-refractivity contribution in [3.63, 3.8) is 0 Å². The van der Waals surface area contributed by atoms with Crippen LogP contribution in [0.5, 0.6) is 0 Å². The summed E-state index contributed by atoms with van der Waals surface area (Å²) in [6.07, 6.45) is 8.75. The van der Waals surface area contributed by atoms with E-state index in [1.54, 1.807) is 18.2 Å². The van der Waals surface area contributed by atoms with Crippen molar-refractivity contribution in [2.45, 2.75) is 62.7 Å². The fourth-order valence-corrected chi connectivity index (χ4v) is 9.16. The molecule has 1 aliphatic heterocycles. The number of amides is 1. The van der Waals surface area contributed by atoms with Gasteiger partial charge in [-0.05, 0) is 86.8 Å². The fraction of sp³-hybridized carbons (Fsp3) is 0.696. The molecule has 1 aromatic carbocycles. The molecule has 0 radical (unpaired) electrons. The van der Waals surface area contributed by atoms with Crippen LogP contribution in [0.2, 0.25) is 10.0 Å². The number of nitrogens with zero attached hydrogens (tertiary/aromatic N) is 1. The van der Waals surface area contributed by atoms with Gasteiger partial charge in [-0.25, -0.2) is 12.7 Å². The lowest BCUT2D eigenvalue weighted by Gasteiger charge is -2.57. The number of rotatable bonds is 5. The van der Waals surface area contributed by atoms with E-state index in [2.05, 4.69) is 5.32 Å². The number of benzene rings is 1. The predicted molar refractivity (Wildman–Crippen MR) is 122 cm³/mol. The van der Waals surface area contributed by atoms with Crippen LogP contribution < -0.4 is 5.32 Å². The highest BCUT2D eigenvalue weighted by Crippen LogP contribution is 2.55. The van der Waals surface area contributed by atoms with Crippen molar-refractivity contribution in [2.75, 3.05) is 13.1 Å². The van der Waals surface area contributed by atoms with Crippen molar-refractivity contribution in [1.29, 1.82) is 0 Å². The highest BCUT2D eigenvalue weighted by atomic mass is 35.5. The third kappa shape index (κ3) is 4.50. The van der Waals surface area contributed by atoms with Crippen LogP contribution >= 0.6 is 23.2 Å². The minimum absolute atomic E-state index is 0.0379. The first-order chi connectivity index (χ1) is 14.7. The first-order valence-corrected chi connectivity index (χ1v) is 13.8. The van der Waals surface area contributed by atoms with Crippen LogP contribution in [-0.4, -0.2) is 37.3 Å². The van der Waals surface area contributed by atoms with Gasteiger partial charge in [-0.15, -0.1) is 0 Å². The van der Waals surface area contributed by atoms with Gasteiger partial charge in [-0.3, -0.25) is 4.79 Å². The van der Waals surface area contributed by atoms with E-state index in [1.807, 2.05) is 0 Å². The maximum absolute atomic E-state index is 13.2. The van der Waals surface area contributed by atoms with Crippen LogP contribution in [0, 0.1) is 23.7 Å². The lowest BCUT2D eigenvalue weighted by Crippen LogP contribution is -2.61. The molecule has 8 heteroatoms. The molecule has 1 heterocycles. The Balaban J connectivity index is 1.25. The predicted octanol–water partition coefficient (Wildman–Crippen LogP) is 4.62. The molecule has 31 heavy (non-hydrogen) atoms. The zero-order chi connectivity index (χ0) is 21.8. The number of halogens is 2. The summed E-state index contributed by atoms with van der Waals surface area (Å²) in [5, 5.41) is 4.26. The van der Waals surface area contributed by atoms with Crippen molar-refractivity contribution in [2.24, 2.45) is 23.7 Å². The highest BCUT2D eigenvalue weighted by molar-refractivity contribution is 7.88. The number of nitrogens with one attached hydrogen (secondary N) is 1. The molecule has 1 amide bonds. The van der Waals surface area contributed by atoms with Crippen LogP contribution in [-0.2, 0) is 20.6 Å². The summed E-state index contributed by atoms with van der Waals surface area (Å²) in [5.74, 6) is 1.88. The van der Waals surface area contributed by atoms with E-state index in [-0.39, 0.29) is 29.7 Å². The van der Waals surface area contributed by atoms with Crippen LogP contribution in [0.1, 0.15) is 56.9 Å². The van der Waals surface area contributed by atoms with Gasteiger partial charge >= 0.3 is 0 Å². The molecule has 1 saturated heterocycles. The van der Waals surface area contributed by atoms with E-state index in [4.69, 9.17) is 23.2 Å². The second-order valence-electron chi connectivity index (χ2n) is 10.4. The lowest BCUT2D eigenvalue weighted by atomic mass is 9.53. The van der Waals surface area contributed by atoms with Crippen molar-refractivity contribution in [1.82, 2.24) is 9.62 Å². The second-order valence-corrected chi connectivity index (χ2v) is 13.2. The molecule has 4 saturated carbocycles. The molecule has 5 nitrogen and oxygen atoms in total. The molecule has 1 atom stereocenters. The Kier molecular flexibility index (Phi) is 5.81. The lowest BCUT2D eigenvalue weighted by molar-refractivity contribution is -0.131. The van der Waals surface area contributed by atoms with E-state index < -0.39 is 10.0 Å². The van der Waals surface area contributed by atoms with Gasteiger partial charge < -0.3 is 5.32 Å². The molecule has 1 N–H and O–H groups in total. The second kappa shape index (κ2) is 8.19. The van der Waals surface area contributed by atoms with Gasteiger partial charge in [0, 0.05) is 28.7 Å². The molecule has 0 spiro atoms. The normalized spacial score (nSPS) is 35.3. The molecule has 5 aliphatic rings. The Labute approximate surface area is 194 Å². The van der Waals surface area contributed by atoms with Crippen LogP contribution in [0.15, 0.2) is 18.2 Å². The zero-order valence-electron chi connectivity index (χ0n) is 17.7. The molecule has 4 aliphatic carbocycles. The Morgan fingerprint density at radius 1 is 1.10 bits per heavy atom. The van der Waals surface area contributed by atoms with Gasteiger partial charge in [-0.1, -0.05) is 29.3 Å². The highest BCUT2D eigenvalue weighted by Gasteiger charge is 2.52. The SMILES string of the molecule is O=C(NC12CC3CC(CC(C3)C1)C2)C1CCCN(S(=O)(=O)Cc2ccc(Cl)cc2Cl)C1. The van der Waals surface area contributed by atoms with Gasteiger partial charge in [0.2, 0.25) is 15.9 Å². The Morgan fingerprint density at radius 3 is 2.35 bits per heavy atom. The quantitative estimate of drug-likeness (QED) is 0.662. The van der Waals surface area contributed by atoms with Crippen molar-refractivity contribution in [3.05, 3.63) is 33.8 Å². The molecular weight excluding hydrogens is 455 g/mol. The fourth-order valence-electron chi connectivity index (χ4n) is 6.96. The monoisotopic (exact) mass is 484 g/mol. The topological polar surface area (TPSA) is 66.5 Å². The Bertz CT molecular complexity index is 946. The first kappa shape index (κ1) is 22.0. The molecule has 1 aromatic rings. The van der Waals surface area contributed by atoms with Crippen LogP contribution in [0.3, 0.4) is 0 Å². The van der Waals surface area contributed by atoms with Gasteiger partial charge in [0.05, 0.1) is 11.7 Å². The third-order valence-corrected chi connectivity index (χ3v) is 10.3. The Hall–Kier alpha value is -0.820. The maximum atomic E-state index is 13.2. The summed E-state index contributed by atoms with van der Waals surface area (Å²) in [5.41, 5.74) is 0.496. The molecule has 6 rings (SSSR count). The summed E-state index contributed by atoms with van der Waals surface area (Å²) in [4.78, 5) is 13.2. The summed E-state index contributed by atoms with van der Waals surface area (Å²) in [6.45, 7) is 0.709. The zero-order valence-corrected chi connectivity index (χ0v) is 20.0. The van der Waals surface area contributed by atoms with Gasteiger partial charge in [0.25, 0.3) is 0 Å². The van der Waals surface area contributed by atoms with E-state index >= 15 is 0 Å². The number of piperidine rings is 1. The largest absolute Gasteiger partial charge is 0.350 e. The number of hydrogen-bond donors (Lipinski definition) is 1. The molecular formula is C23H30Cl2N2O3S. The third-order valence-electron chi connectivity index (χ3n) is 7.93. The molecule has 170 valence electrons. The van der Waals surface area contributed by atoms with Crippen molar-refractivity contribution >= 4 is 39.1 Å². The van der Waals surface area contributed by atoms with Crippen LogP contribution in [0.25, 0.3) is 0 Å². The number of carbonyl (C=O) groups is 1. The van der Waals surface area contributed by atoms with Gasteiger partial charge in [0.1, 0.15) is 0 Å².